The topological polar surface area (TPSA) is 61.9 Å². The Bertz CT molecular complexity index is 784. The first-order valence-electron chi connectivity index (χ1n) is 7.06. The first kappa shape index (κ1) is 13.3. The summed E-state index contributed by atoms with van der Waals surface area (Å²) in [6.45, 7) is 0.494. The number of carbonyl (C=O) groups excluding carboxylic acids is 1. The third-order valence-corrected chi connectivity index (χ3v) is 4.97. The lowest BCUT2D eigenvalue weighted by atomic mass is 10.2. The lowest BCUT2D eigenvalue weighted by Gasteiger charge is -2.23. The fraction of sp³-hybridized carbons (Fsp3) is 0.188. The van der Waals surface area contributed by atoms with Gasteiger partial charge in [-0.05, 0) is 29.8 Å². The van der Waals surface area contributed by atoms with Crippen molar-refractivity contribution >= 4 is 28.7 Å². The summed E-state index contributed by atoms with van der Waals surface area (Å²) < 4.78 is 0. The number of fused-ring (bicyclic) bond motifs is 1. The molecule has 22 heavy (non-hydrogen) atoms. The summed E-state index contributed by atoms with van der Waals surface area (Å²) in [6.07, 6.45) is 3.52. The highest BCUT2D eigenvalue weighted by molar-refractivity contribution is 8.00. The van der Waals surface area contributed by atoms with E-state index in [9.17, 15) is 4.79 Å². The average Bonchev–Trinajstić information content (AvgIpc) is 3.12. The molecule has 1 aromatic carbocycles. The van der Waals surface area contributed by atoms with Crippen LogP contribution in [0.2, 0.25) is 0 Å². The van der Waals surface area contributed by atoms with Crippen LogP contribution >= 0.6 is 11.8 Å². The van der Waals surface area contributed by atoms with Gasteiger partial charge in [-0.3, -0.25) is 9.78 Å². The summed E-state index contributed by atoms with van der Waals surface area (Å²) >= 11 is 1.64. The highest BCUT2D eigenvalue weighted by Crippen LogP contribution is 2.39. The molecule has 3 heterocycles. The SMILES string of the molecule is O=C1CS[C@H](c2ccncc2)N1Cc1nc2ccccc2[nH]1. The van der Waals surface area contributed by atoms with Gasteiger partial charge >= 0.3 is 0 Å². The summed E-state index contributed by atoms with van der Waals surface area (Å²) in [6, 6.07) is 11.8. The van der Waals surface area contributed by atoms with Crippen molar-refractivity contribution in [2.75, 3.05) is 5.75 Å². The van der Waals surface area contributed by atoms with Crippen LogP contribution < -0.4 is 0 Å². The normalized spacial score (nSPS) is 18.3. The average molecular weight is 310 g/mol. The minimum atomic E-state index is 0.0312. The van der Waals surface area contributed by atoms with Crippen LogP contribution in [-0.2, 0) is 11.3 Å². The summed E-state index contributed by atoms with van der Waals surface area (Å²) in [7, 11) is 0. The molecule has 1 saturated heterocycles. The summed E-state index contributed by atoms with van der Waals surface area (Å²) in [5.74, 6) is 1.47. The quantitative estimate of drug-likeness (QED) is 0.808. The van der Waals surface area contributed by atoms with E-state index in [-0.39, 0.29) is 11.3 Å². The monoisotopic (exact) mass is 310 g/mol. The van der Waals surface area contributed by atoms with Crippen molar-refractivity contribution in [2.45, 2.75) is 11.9 Å². The van der Waals surface area contributed by atoms with Crippen LogP contribution in [0.5, 0.6) is 0 Å². The number of H-pyrrole nitrogens is 1. The molecule has 6 heteroatoms. The maximum atomic E-state index is 12.2. The van der Waals surface area contributed by atoms with Crippen molar-refractivity contribution < 1.29 is 4.79 Å². The van der Waals surface area contributed by atoms with Crippen LogP contribution in [0.1, 0.15) is 16.8 Å². The van der Waals surface area contributed by atoms with E-state index in [4.69, 9.17) is 0 Å². The maximum absolute atomic E-state index is 12.2. The molecule has 0 saturated carbocycles. The van der Waals surface area contributed by atoms with Gasteiger partial charge in [0.1, 0.15) is 11.2 Å². The van der Waals surface area contributed by atoms with Crippen LogP contribution in [0.4, 0.5) is 0 Å². The molecule has 0 unspecified atom stereocenters. The standard InChI is InChI=1S/C16H14N4OS/c21-15-10-22-16(11-5-7-17-8-6-11)20(15)9-14-18-12-3-1-2-4-13(12)19-14/h1-8,16H,9-10H2,(H,18,19)/t16-/m1/s1. The number of benzene rings is 1. The Morgan fingerprint density at radius 2 is 2.05 bits per heavy atom. The first-order valence-corrected chi connectivity index (χ1v) is 8.11. The van der Waals surface area contributed by atoms with Gasteiger partial charge in [-0.2, -0.15) is 0 Å². The van der Waals surface area contributed by atoms with Crippen LogP contribution in [-0.4, -0.2) is 31.5 Å². The van der Waals surface area contributed by atoms with Gasteiger partial charge in [0, 0.05) is 12.4 Å². The number of aromatic nitrogens is 3. The number of thioether (sulfide) groups is 1. The van der Waals surface area contributed by atoms with Gasteiger partial charge in [-0.1, -0.05) is 12.1 Å². The number of hydrogen-bond donors (Lipinski definition) is 1. The van der Waals surface area contributed by atoms with E-state index in [1.54, 1.807) is 24.2 Å². The summed E-state index contributed by atoms with van der Waals surface area (Å²) in [5, 5.41) is 0.0312. The predicted molar refractivity (Wildman–Crippen MR) is 86.1 cm³/mol. The number of carbonyl (C=O) groups is 1. The van der Waals surface area contributed by atoms with E-state index in [1.807, 2.05) is 41.3 Å². The number of para-hydroxylation sites is 2. The Morgan fingerprint density at radius 3 is 2.86 bits per heavy atom. The Labute approximate surface area is 131 Å². The predicted octanol–water partition coefficient (Wildman–Crippen LogP) is 2.73. The van der Waals surface area contributed by atoms with E-state index < -0.39 is 0 Å². The molecule has 5 nitrogen and oxygen atoms in total. The smallest absolute Gasteiger partial charge is 0.234 e. The molecular weight excluding hydrogens is 296 g/mol. The minimum absolute atomic E-state index is 0.0312. The molecule has 1 amide bonds. The van der Waals surface area contributed by atoms with Crippen LogP contribution in [0.25, 0.3) is 11.0 Å². The van der Waals surface area contributed by atoms with E-state index in [0.29, 0.717) is 12.3 Å². The second kappa shape index (κ2) is 5.46. The Balaban J connectivity index is 1.63. The van der Waals surface area contributed by atoms with E-state index in [0.717, 1.165) is 22.4 Å². The molecule has 0 spiro atoms. The van der Waals surface area contributed by atoms with Gasteiger partial charge in [0.25, 0.3) is 0 Å². The number of imidazole rings is 1. The number of aromatic amines is 1. The largest absolute Gasteiger partial charge is 0.340 e. The fourth-order valence-corrected chi connectivity index (χ4v) is 3.86. The second-order valence-electron chi connectivity index (χ2n) is 5.17. The number of nitrogens with one attached hydrogen (secondary N) is 1. The minimum Gasteiger partial charge on any atom is -0.340 e. The molecule has 2 aromatic heterocycles. The van der Waals surface area contributed by atoms with Gasteiger partial charge in [0.15, 0.2) is 0 Å². The zero-order chi connectivity index (χ0) is 14.9. The molecular formula is C16H14N4OS. The van der Waals surface area contributed by atoms with Crippen LogP contribution in [0.3, 0.4) is 0 Å². The Morgan fingerprint density at radius 1 is 1.23 bits per heavy atom. The van der Waals surface area contributed by atoms with Gasteiger partial charge in [0.05, 0.1) is 23.3 Å². The lowest BCUT2D eigenvalue weighted by Crippen LogP contribution is -2.28. The number of nitrogens with zero attached hydrogens (tertiary/aromatic N) is 3. The number of amides is 1. The van der Waals surface area contributed by atoms with Gasteiger partial charge in [0.2, 0.25) is 5.91 Å². The third-order valence-electron chi connectivity index (χ3n) is 3.72. The van der Waals surface area contributed by atoms with Crippen molar-refractivity contribution in [3.8, 4) is 0 Å². The van der Waals surface area contributed by atoms with Gasteiger partial charge in [-0.15, -0.1) is 11.8 Å². The van der Waals surface area contributed by atoms with Crippen LogP contribution in [0.15, 0.2) is 48.8 Å². The van der Waals surface area contributed by atoms with Crippen molar-refractivity contribution in [3.63, 3.8) is 0 Å². The molecule has 0 bridgehead atoms. The highest BCUT2D eigenvalue weighted by atomic mass is 32.2. The zero-order valence-electron chi connectivity index (χ0n) is 11.8. The molecule has 1 aliphatic heterocycles. The van der Waals surface area contributed by atoms with E-state index in [2.05, 4.69) is 15.0 Å². The molecule has 3 aromatic rings. The molecule has 1 N–H and O–H groups in total. The Hall–Kier alpha value is -2.34. The van der Waals surface area contributed by atoms with E-state index >= 15 is 0 Å². The summed E-state index contributed by atoms with van der Waals surface area (Å²) in [4.78, 5) is 26.0. The highest BCUT2D eigenvalue weighted by Gasteiger charge is 2.33. The van der Waals surface area contributed by atoms with Gasteiger partial charge < -0.3 is 9.88 Å². The van der Waals surface area contributed by atoms with E-state index in [1.165, 1.54) is 0 Å². The molecule has 110 valence electrons. The van der Waals surface area contributed by atoms with Crippen molar-refractivity contribution in [3.05, 3.63) is 60.2 Å². The molecule has 4 rings (SSSR count). The third kappa shape index (κ3) is 2.35. The van der Waals surface area contributed by atoms with Crippen molar-refractivity contribution in [1.82, 2.24) is 19.9 Å². The van der Waals surface area contributed by atoms with Gasteiger partial charge in [-0.25, -0.2) is 4.98 Å². The van der Waals surface area contributed by atoms with Crippen LogP contribution in [0, 0.1) is 0 Å². The molecule has 1 aliphatic rings. The maximum Gasteiger partial charge on any atom is 0.234 e. The lowest BCUT2D eigenvalue weighted by molar-refractivity contribution is -0.128. The Kier molecular flexibility index (Phi) is 3.31. The molecule has 0 aliphatic carbocycles. The first-order chi connectivity index (χ1) is 10.8. The fourth-order valence-electron chi connectivity index (χ4n) is 2.67. The van der Waals surface area contributed by atoms with Crippen molar-refractivity contribution in [2.24, 2.45) is 0 Å². The van der Waals surface area contributed by atoms with Crippen molar-refractivity contribution in [1.29, 1.82) is 0 Å². The summed E-state index contributed by atoms with van der Waals surface area (Å²) in [5.41, 5.74) is 3.02. The second-order valence-corrected chi connectivity index (χ2v) is 6.23. The molecule has 0 radical (unpaired) electrons. The number of pyridine rings is 1. The molecule has 1 fully saturated rings. The zero-order valence-corrected chi connectivity index (χ0v) is 12.6. The number of rotatable bonds is 3. The number of hydrogen-bond acceptors (Lipinski definition) is 4. The molecule has 1 atom stereocenters.